The summed E-state index contributed by atoms with van der Waals surface area (Å²) < 4.78 is 52.7. The summed E-state index contributed by atoms with van der Waals surface area (Å²) in [5.74, 6) is 0.677. The highest BCUT2D eigenvalue weighted by Gasteiger charge is 2.33. The normalized spacial score (nSPS) is 20.8. The third-order valence-corrected chi connectivity index (χ3v) is 10.4. The van der Waals surface area contributed by atoms with Gasteiger partial charge >= 0.3 is 6.03 Å². The van der Waals surface area contributed by atoms with Crippen LogP contribution in [-0.4, -0.2) is 103 Å². The number of anilines is 2. The van der Waals surface area contributed by atoms with Crippen molar-refractivity contribution in [3.63, 3.8) is 0 Å². The zero-order chi connectivity index (χ0) is 36.0. The third kappa shape index (κ3) is 8.85. The topological polar surface area (TPSA) is 174 Å². The van der Waals surface area contributed by atoms with E-state index in [-0.39, 0.29) is 49.1 Å². The second-order valence-corrected chi connectivity index (χ2v) is 14.8. The number of carbonyl (C=O) groups excluding carboxylic acids is 2. The molecule has 0 aliphatic carbocycles. The minimum atomic E-state index is -3.90. The molecule has 50 heavy (non-hydrogen) atoms. The Morgan fingerprint density at radius 1 is 1.08 bits per heavy atom. The molecule has 3 N–H and O–H groups in total. The van der Waals surface area contributed by atoms with Crippen molar-refractivity contribution in [3.05, 3.63) is 54.5 Å². The highest BCUT2D eigenvalue weighted by molar-refractivity contribution is 7.89. The summed E-state index contributed by atoms with van der Waals surface area (Å²) in [5.41, 5.74) is 1.04. The van der Waals surface area contributed by atoms with Crippen molar-refractivity contribution >= 4 is 33.3 Å². The Morgan fingerprint density at radius 2 is 1.78 bits per heavy atom. The Morgan fingerprint density at radius 3 is 2.48 bits per heavy atom. The molecule has 15 nitrogen and oxygen atoms in total. The number of amides is 3. The first-order chi connectivity index (χ1) is 23.8. The number of aromatic nitrogens is 2. The van der Waals surface area contributed by atoms with Gasteiger partial charge in [-0.2, -0.15) is 4.31 Å². The predicted molar refractivity (Wildman–Crippen MR) is 185 cm³/mol. The molecule has 0 bridgehead atoms. The van der Waals surface area contributed by atoms with Gasteiger partial charge in [-0.3, -0.25) is 4.79 Å². The van der Waals surface area contributed by atoms with Crippen LogP contribution in [0, 0.1) is 5.92 Å². The minimum absolute atomic E-state index is 0.0261. The zero-order valence-electron chi connectivity index (χ0n) is 29.0. The van der Waals surface area contributed by atoms with Gasteiger partial charge in [0.05, 0.1) is 36.7 Å². The summed E-state index contributed by atoms with van der Waals surface area (Å²) in [5, 5.41) is 15.7. The van der Waals surface area contributed by atoms with Crippen LogP contribution >= 0.6 is 0 Å². The molecule has 3 amide bonds. The van der Waals surface area contributed by atoms with E-state index >= 15 is 0 Å². The van der Waals surface area contributed by atoms with E-state index < -0.39 is 34.1 Å². The van der Waals surface area contributed by atoms with E-state index in [1.165, 1.54) is 28.8 Å². The van der Waals surface area contributed by atoms with Crippen LogP contribution in [0.4, 0.5) is 16.2 Å². The van der Waals surface area contributed by atoms with Gasteiger partial charge in [-0.05, 0) is 63.4 Å². The zero-order valence-corrected chi connectivity index (χ0v) is 29.8. The third-order valence-electron chi connectivity index (χ3n) is 8.73. The number of benzene rings is 2. The van der Waals surface area contributed by atoms with E-state index in [1.54, 1.807) is 54.9 Å². The number of nitrogens with one attached hydrogen (secondary N) is 2. The number of ether oxygens (including phenoxy) is 4. The van der Waals surface area contributed by atoms with Crippen LogP contribution in [0.25, 0.3) is 0 Å². The first-order valence-corrected chi connectivity index (χ1v) is 18.1. The maximum atomic E-state index is 14.4. The number of rotatable bonds is 8. The standard InChI is InChI=1S/C34H46N6O9S/c1-22-16-40(23(2)19-41)33(42)27-14-25(36-34(43)37-26-10-12-29-30(15-26)48-21-47-29)9-11-28(27)49-24(3)8-6-7-13-46-31(22)17-39(5)50(44,45)32-18-38(4)20-35-32/h9-12,14-15,18,20,22-24,31,41H,6-8,13,16-17,19,21H2,1-5H3,(H2,36,37,43)/t22-,23+,24-,31-/m1/s1. The Kier molecular flexibility index (Phi) is 11.9. The Bertz CT molecular complexity index is 1770. The largest absolute Gasteiger partial charge is 0.490 e. The smallest absolute Gasteiger partial charge is 0.323 e. The second-order valence-electron chi connectivity index (χ2n) is 12.8. The Balaban J connectivity index is 1.39. The van der Waals surface area contributed by atoms with Crippen LogP contribution in [0.1, 0.15) is 50.4 Å². The summed E-state index contributed by atoms with van der Waals surface area (Å²) in [7, 11) is -0.720. The molecule has 4 atom stereocenters. The second kappa shape index (κ2) is 16.1. The molecule has 0 radical (unpaired) electrons. The quantitative estimate of drug-likeness (QED) is 0.311. The van der Waals surface area contributed by atoms with Gasteiger partial charge in [-0.15, -0.1) is 0 Å². The lowest BCUT2D eigenvalue weighted by Gasteiger charge is -2.35. The van der Waals surface area contributed by atoms with Crippen LogP contribution in [-0.2, 0) is 21.8 Å². The molecule has 3 aromatic rings. The lowest BCUT2D eigenvalue weighted by atomic mass is 10.0. The fraction of sp³-hybridized carbons (Fsp3) is 0.500. The number of imidazole rings is 1. The van der Waals surface area contributed by atoms with Gasteiger partial charge in [-0.25, -0.2) is 18.2 Å². The van der Waals surface area contributed by atoms with Gasteiger partial charge in [0.25, 0.3) is 15.9 Å². The Labute approximate surface area is 292 Å². The fourth-order valence-electron chi connectivity index (χ4n) is 5.76. The number of urea groups is 1. The van der Waals surface area contributed by atoms with E-state index in [0.29, 0.717) is 41.7 Å². The molecule has 0 spiro atoms. The molecule has 3 heterocycles. The van der Waals surface area contributed by atoms with Crippen molar-refractivity contribution in [2.24, 2.45) is 13.0 Å². The monoisotopic (exact) mass is 714 g/mol. The fourth-order valence-corrected chi connectivity index (χ4v) is 6.91. The number of nitrogens with zero attached hydrogens (tertiary/aromatic N) is 4. The van der Waals surface area contributed by atoms with Gasteiger partial charge in [-0.1, -0.05) is 6.92 Å². The molecule has 2 aliphatic rings. The molecule has 0 fully saturated rings. The molecule has 0 unspecified atom stereocenters. The maximum Gasteiger partial charge on any atom is 0.323 e. The molecule has 0 saturated heterocycles. The van der Waals surface area contributed by atoms with Crippen molar-refractivity contribution in [1.29, 1.82) is 0 Å². The van der Waals surface area contributed by atoms with E-state index in [2.05, 4.69) is 15.6 Å². The summed E-state index contributed by atoms with van der Waals surface area (Å²) in [4.78, 5) is 32.9. The van der Waals surface area contributed by atoms with Gasteiger partial charge < -0.3 is 44.2 Å². The summed E-state index contributed by atoms with van der Waals surface area (Å²) in [6, 6.07) is 8.76. The number of fused-ring (bicyclic) bond motifs is 2. The first-order valence-electron chi connectivity index (χ1n) is 16.6. The Hall–Kier alpha value is -4.38. The number of hydrogen-bond acceptors (Lipinski definition) is 10. The van der Waals surface area contributed by atoms with Crippen molar-refractivity contribution in [3.8, 4) is 17.2 Å². The maximum absolute atomic E-state index is 14.4. The number of likely N-dealkylation sites (N-methyl/N-ethyl adjacent to an activating group) is 1. The van der Waals surface area contributed by atoms with Crippen LogP contribution in [0.15, 0.2) is 53.9 Å². The molecular weight excluding hydrogens is 668 g/mol. The highest BCUT2D eigenvalue weighted by atomic mass is 32.2. The van der Waals surface area contributed by atoms with Crippen molar-refractivity contribution in [1.82, 2.24) is 18.8 Å². The van der Waals surface area contributed by atoms with E-state index in [1.807, 2.05) is 13.8 Å². The van der Waals surface area contributed by atoms with Crippen molar-refractivity contribution in [2.75, 3.05) is 50.8 Å². The minimum Gasteiger partial charge on any atom is -0.490 e. The molecule has 1 aromatic heterocycles. The van der Waals surface area contributed by atoms with Gasteiger partial charge in [0.1, 0.15) is 5.75 Å². The number of hydrogen-bond donors (Lipinski definition) is 3. The van der Waals surface area contributed by atoms with Crippen LogP contribution in [0.3, 0.4) is 0 Å². The lowest BCUT2D eigenvalue weighted by molar-refractivity contribution is -0.00835. The van der Waals surface area contributed by atoms with Crippen molar-refractivity contribution in [2.45, 2.75) is 63.3 Å². The number of sulfonamides is 1. The van der Waals surface area contributed by atoms with Crippen molar-refractivity contribution < 1.29 is 42.1 Å². The first kappa shape index (κ1) is 36.9. The van der Waals surface area contributed by atoms with Crippen LogP contribution < -0.4 is 24.8 Å². The van der Waals surface area contributed by atoms with E-state index in [4.69, 9.17) is 18.9 Å². The number of aryl methyl sites for hydroxylation is 1. The number of carbonyl (C=O) groups is 2. The number of aliphatic hydroxyl groups excluding tert-OH is 1. The lowest BCUT2D eigenvalue weighted by Crippen LogP contribution is -2.48. The summed E-state index contributed by atoms with van der Waals surface area (Å²) in [6.07, 6.45) is 4.22. The van der Waals surface area contributed by atoms with E-state index in [0.717, 1.165) is 12.8 Å². The summed E-state index contributed by atoms with van der Waals surface area (Å²) >= 11 is 0. The van der Waals surface area contributed by atoms with Crippen LogP contribution in [0.2, 0.25) is 0 Å². The van der Waals surface area contributed by atoms with Gasteiger partial charge in [0.2, 0.25) is 6.79 Å². The average molecular weight is 715 g/mol. The summed E-state index contributed by atoms with van der Waals surface area (Å²) in [6.45, 7) is 5.88. The SMILES string of the molecule is C[C@@H]1CCCCO[C@H](CN(C)S(=O)(=O)c2cn(C)cn2)[C@H](C)CN([C@@H](C)CO)C(=O)c2cc(NC(=O)Nc3ccc4c(c3)OCO4)ccc2O1. The van der Waals surface area contributed by atoms with Gasteiger partial charge in [0.15, 0.2) is 16.5 Å². The number of aliphatic hydroxyl groups is 1. The molecule has 5 rings (SSSR count). The predicted octanol–water partition coefficient (Wildman–Crippen LogP) is 3.91. The molecular formula is C34H46N6O9S. The van der Waals surface area contributed by atoms with Gasteiger partial charge in [0, 0.05) is 63.3 Å². The van der Waals surface area contributed by atoms with Crippen LogP contribution in [0.5, 0.6) is 17.2 Å². The molecule has 2 aromatic carbocycles. The molecule has 272 valence electrons. The average Bonchev–Trinajstić information content (AvgIpc) is 3.75. The molecule has 2 aliphatic heterocycles. The highest BCUT2D eigenvalue weighted by Crippen LogP contribution is 2.34. The molecule has 0 saturated carbocycles. The van der Waals surface area contributed by atoms with E-state index in [9.17, 15) is 23.1 Å². The molecule has 16 heteroatoms.